The van der Waals surface area contributed by atoms with Crippen LogP contribution in [0.25, 0.3) is 0 Å². The summed E-state index contributed by atoms with van der Waals surface area (Å²) in [5.74, 6) is 0. The van der Waals surface area contributed by atoms with Crippen molar-refractivity contribution in [2.45, 2.75) is 6.54 Å². The van der Waals surface area contributed by atoms with E-state index in [-0.39, 0.29) is 0 Å². The maximum atomic E-state index is 9.12. The van der Waals surface area contributed by atoms with E-state index in [4.69, 9.17) is 16.9 Å². The molecule has 90 valence electrons. The Morgan fingerprint density at radius 1 is 1.17 bits per heavy atom. The summed E-state index contributed by atoms with van der Waals surface area (Å²) in [5.41, 5.74) is 2.70. The molecule has 0 saturated heterocycles. The Balaban J connectivity index is 2.24. The fourth-order valence-corrected chi connectivity index (χ4v) is 2.05. The van der Waals surface area contributed by atoms with Crippen LogP contribution in [0.3, 0.4) is 0 Å². The fourth-order valence-electron chi connectivity index (χ4n) is 1.87. The van der Waals surface area contributed by atoms with E-state index < -0.39 is 0 Å². The third kappa shape index (κ3) is 2.82. The summed E-state index contributed by atoms with van der Waals surface area (Å²) in [7, 11) is 1.97. The van der Waals surface area contributed by atoms with Gasteiger partial charge in [-0.25, -0.2) is 0 Å². The summed E-state index contributed by atoms with van der Waals surface area (Å²) in [6.07, 6.45) is 0. The molecule has 2 aromatic carbocycles. The van der Waals surface area contributed by atoms with E-state index in [1.807, 2.05) is 36.2 Å². The number of nitriles is 1. The lowest BCUT2D eigenvalue weighted by atomic mass is 10.1. The molecule has 0 aromatic heterocycles. The molecule has 0 unspecified atom stereocenters. The molecule has 0 fully saturated rings. The normalized spacial score (nSPS) is 9.83. The van der Waals surface area contributed by atoms with Crippen LogP contribution in [0.5, 0.6) is 0 Å². The lowest BCUT2D eigenvalue weighted by Gasteiger charge is -2.20. The van der Waals surface area contributed by atoms with Gasteiger partial charge in [0.2, 0.25) is 0 Å². The largest absolute Gasteiger partial charge is 0.369 e. The maximum Gasteiger partial charge on any atom is 0.101 e. The highest BCUT2D eigenvalue weighted by molar-refractivity contribution is 6.30. The van der Waals surface area contributed by atoms with Crippen LogP contribution >= 0.6 is 11.6 Å². The molecule has 0 amide bonds. The summed E-state index contributed by atoms with van der Waals surface area (Å²) < 4.78 is 0. The molecule has 0 aliphatic rings. The quantitative estimate of drug-likeness (QED) is 0.834. The van der Waals surface area contributed by atoms with Crippen LogP contribution in [0.4, 0.5) is 5.69 Å². The third-order valence-electron chi connectivity index (χ3n) is 2.75. The lowest BCUT2D eigenvalue weighted by Crippen LogP contribution is -2.17. The molecule has 3 heteroatoms. The molecule has 0 heterocycles. The van der Waals surface area contributed by atoms with Gasteiger partial charge in [0.1, 0.15) is 6.07 Å². The van der Waals surface area contributed by atoms with Gasteiger partial charge < -0.3 is 4.90 Å². The Kier molecular flexibility index (Phi) is 3.86. The first-order chi connectivity index (χ1) is 8.70. The highest BCUT2D eigenvalue weighted by atomic mass is 35.5. The van der Waals surface area contributed by atoms with Gasteiger partial charge in [0.05, 0.1) is 11.3 Å². The van der Waals surface area contributed by atoms with Gasteiger partial charge in [-0.15, -0.1) is 0 Å². The molecule has 0 bridgehead atoms. The molecule has 0 spiro atoms. The van der Waals surface area contributed by atoms with Gasteiger partial charge in [-0.05, 0) is 23.8 Å². The number of nitrogens with zero attached hydrogens (tertiary/aromatic N) is 2. The number of anilines is 1. The molecule has 0 saturated carbocycles. The topological polar surface area (TPSA) is 27.0 Å². The Labute approximate surface area is 112 Å². The molecular weight excluding hydrogens is 244 g/mol. The van der Waals surface area contributed by atoms with Gasteiger partial charge in [0.25, 0.3) is 0 Å². The summed E-state index contributed by atoms with van der Waals surface area (Å²) in [4.78, 5) is 2.05. The summed E-state index contributed by atoms with van der Waals surface area (Å²) in [5, 5.41) is 9.71. The Morgan fingerprint density at radius 3 is 2.56 bits per heavy atom. The van der Waals surface area contributed by atoms with Crippen molar-refractivity contribution in [2.24, 2.45) is 0 Å². The SMILES string of the molecule is CN(Cc1ccccc1)c1ccc(Cl)cc1C#N. The average Bonchev–Trinajstić information content (AvgIpc) is 2.39. The molecule has 2 rings (SSSR count). The van der Waals surface area contributed by atoms with Crippen LogP contribution in [0.2, 0.25) is 5.02 Å². The first-order valence-electron chi connectivity index (χ1n) is 5.65. The predicted octanol–water partition coefficient (Wildman–Crippen LogP) is 3.85. The standard InChI is InChI=1S/C15H13ClN2/c1-18(11-12-5-3-2-4-6-12)15-8-7-14(16)9-13(15)10-17/h2-9H,11H2,1H3. The maximum absolute atomic E-state index is 9.12. The van der Waals surface area contributed by atoms with Crippen LogP contribution in [0.1, 0.15) is 11.1 Å². The van der Waals surface area contributed by atoms with Gasteiger partial charge >= 0.3 is 0 Å². The summed E-state index contributed by atoms with van der Waals surface area (Å²) in [6.45, 7) is 0.761. The monoisotopic (exact) mass is 256 g/mol. The number of hydrogen-bond acceptors (Lipinski definition) is 2. The molecular formula is C15H13ClN2. The van der Waals surface area contributed by atoms with Crippen LogP contribution in [-0.4, -0.2) is 7.05 Å². The van der Waals surface area contributed by atoms with Crippen LogP contribution in [0, 0.1) is 11.3 Å². The van der Waals surface area contributed by atoms with E-state index in [2.05, 4.69) is 18.2 Å². The molecule has 0 aliphatic heterocycles. The van der Waals surface area contributed by atoms with Crippen molar-refractivity contribution in [3.8, 4) is 6.07 Å². The van der Waals surface area contributed by atoms with E-state index in [0.717, 1.165) is 12.2 Å². The molecule has 0 aliphatic carbocycles. The van der Waals surface area contributed by atoms with Crippen molar-refractivity contribution in [3.63, 3.8) is 0 Å². The number of halogens is 1. The second-order valence-corrected chi connectivity index (χ2v) is 4.55. The van der Waals surface area contributed by atoms with E-state index in [0.29, 0.717) is 10.6 Å². The lowest BCUT2D eigenvalue weighted by molar-refractivity contribution is 0.921. The van der Waals surface area contributed by atoms with E-state index in [1.54, 1.807) is 12.1 Å². The van der Waals surface area contributed by atoms with Crippen molar-refractivity contribution < 1.29 is 0 Å². The van der Waals surface area contributed by atoms with Gasteiger partial charge in [-0.2, -0.15) is 5.26 Å². The Bertz CT molecular complexity index is 573. The van der Waals surface area contributed by atoms with Gasteiger partial charge in [-0.3, -0.25) is 0 Å². The molecule has 2 nitrogen and oxygen atoms in total. The summed E-state index contributed by atoms with van der Waals surface area (Å²) >= 11 is 5.89. The van der Waals surface area contributed by atoms with Crippen molar-refractivity contribution in [2.75, 3.05) is 11.9 Å². The zero-order valence-electron chi connectivity index (χ0n) is 10.1. The zero-order chi connectivity index (χ0) is 13.0. The predicted molar refractivity (Wildman–Crippen MR) is 74.7 cm³/mol. The Hall–Kier alpha value is -1.98. The number of hydrogen-bond donors (Lipinski definition) is 0. The van der Waals surface area contributed by atoms with E-state index in [9.17, 15) is 0 Å². The zero-order valence-corrected chi connectivity index (χ0v) is 10.9. The van der Waals surface area contributed by atoms with Crippen molar-refractivity contribution >= 4 is 17.3 Å². The highest BCUT2D eigenvalue weighted by Gasteiger charge is 2.08. The van der Waals surface area contributed by atoms with Crippen molar-refractivity contribution in [3.05, 3.63) is 64.7 Å². The first kappa shape index (κ1) is 12.5. The van der Waals surface area contributed by atoms with Crippen LogP contribution in [0.15, 0.2) is 48.5 Å². The first-order valence-corrected chi connectivity index (χ1v) is 6.03. The minimum absolute atomic E-state index is 0.586. The Morgan fingerprint density at radius 2 is 1.89 bits per heavy atom. The van der Waals surface area contributed by atoms with E-state index in [1.165, 1.54) is 5.56 Å². The minimum atomic E-state index is 0.586. The number of rotatable bonds is 3. The molecule has 2 aromatic rings. The van der Waals surface area contributed by atoms with Crippen LogP contribution in [-0.2, 0) is 6.54 Å². The average molecular weight is 257 g/mol. The van der Waals surface area contributed by atoms with Gasteiger partial charge in [0.15, 0.2) is 0 Å². The fraction of sp³-hybridized carbons (Fsp3) is 0.133. The second kappa shape index (κ2) is 5.57. The van der Waals surface area contributed by atoms with Gasteiger partial charge in [-0.1, -0.05) is 41.9 Å². The second-order valence-electron chi connectivity index (χ2n) is 4.11. The molecule has 0 atom stereocenters. The number of benzene rings is 2. The molecule has 18 heavy (non-hydrogen) atoms. The van der Waals surface area contributed by atoms with Crippen molar-refractivity contribution in [1.82, 2.24) is 0 Å². The summed E-state index contributed by atoms with van der Waals surface area (Å²) in [6, 6.07) is 17.7. The van der Waals surface area contributed by atoms with Gasteiger partial charge in [0, 0.05) is 18.6 Å². The van der Waals surface area contributed by atoms with Crippen molar-refractivity contribution in [1.29, 1.82) is 5.26 Å². The smallest absolute Gasteiger partial charge is 0.101 e. The highest BCUT2D eigenvalue weighted by Crippen LogP contribution is 2.24. The third-order valence-corrected chi connectivity index (χ3v) is 2.99. The minimum Gasteiger partial charge on any atom is -0.369 e. The van der Waals surface area contributed by atoms with E-state index >= 15 is 0 Å². The van der Waals surface area contributed by atoms with Crippen LogP contribution < -0.4 is 4.90 Å². The molecule has 0 radical (unpaired) electrons. The molecule has 0 N–H and O–H groups in total.